The van der Waals surface area contributed by atoms with Gasteiger partial charge in [0.2, 0.25) is 11.8 Å². The second-order valence-corrected chi connectivity index (χ2v) is 7.79. The van der Waals surface area contributed by atoms with Crippen LogP contribution in [-0.2, 0) is 9.59 Å². The molecule has 0 spiro atoms. The average molecular weight is 345 g/mol. The van der Waals surface area contributed by atoms with E-state index in [4.69, 9.17) is 0 Å². The molecule has 0 aliphatic carbocycles. The molecule has 2 rings (SSSR count). The van der Waals surface area contributed by atoms with Crippen molar-refractivity contribution in [1.29, 1.82) is 0 Å². The van der Waals surface area contributed by atoms with E-state index in [1.807, 2.05) is 17.0 Å². The lowest BCUT2D eigenvalue weighted by Gasteiger charge is -2.41. The van der Waals surface area contributed by atoms with Crippen molar-refractivity contribution in [1.82, 2.24) is 15.2 Å². The van der Waals surface area contributed by atoms with Crippen LogP contribution in [0.5, 0.6) is 0 Å². The molecule has 1 saturated heterocycles. The first-order valence-electron chi connectivity index (χ1n) is 9.37. The first-order valence-corrected chi connectivity index (χ1v) is 9.37. The van der Waals surface area contributed by atoms with Crippen LogP contribution in [0, 0.1) is 17.8 Å². The van der Waals surface area contributed by atoms with Crippen LogP contribution >= 0.6 is 0 Å². The second-order valence-electron chi connectivity index (χ2n) is 7.79. The predicted octanol–water partition coefficient (Wildman–Crippen LogP) is 3.18. The van der Waals surface area contributed by atoms with Gasteiger partial charge in [0, 0.05) is 31.9 Å². The predicted molar refractivity (Wildman–Crippen MR) is 98.7 cm³/mol. The fraction of sp³-hybridized carbons (Fsp3) is 0.650. The van der Waals surface area contributed by atoms with Gasteiger partial charge in [0.1, 0.15) is 0 Å². The zero-order valence-electron chi connectivity index (χ0n) is 15.9. The molecule has 2 heterocycles. The molecule has 0 radical (unpaired) electrons. The molecule has 2 unspecified atom stereocenters. The van der Waals surface area contributed by atoms with Gasteiger partial charge in [-0.1, -0.05) is 33.8 Å². The minimum Gasteiger partial charge on any atom is -0.356 e. The maximum absolute atomic E-state index is 12.8. The summed E-state index contributed by atoms with van der Waals surface area (Å²) >= 11 is 0. The summed E-state index contributed by atoms with van der Waals surface area (Å²) in [5, 5.41) is 3.07. The van der Waals surface area contributed by atoms with Gasteiger partial charge < -0.3 is 10.2 Å². The van der Waals surface area contributed by atoms with Crippen LogP contribution in [0.4, 0.5) is 0 Å². The number of hydrogen-bond donors (Lipinski definition) is 1. The minimum absolute atomic E-state index is 0.0516. The number of piperidine rings is 1. The van der Waals surface area contributed by atoms with Crippen molar-refractivity contribution in [2.24, 2.45) is 17.8 Å². The molecule has 0 saturated carbocycles. The quantitative estimate of drug-likeness (QED) is 0.825. The molecule has 0 aromatic carbocycles. The third-order valence-corrected chi connectivity index (χ3v) is 4.65. The van der Waals surface area contributed by atoms with E-state index >= 15 is 0 Å². The third kappa shape index (κ3) is 5.28. The van der Waals surface area contributed by atoms with Crippen LogP contribution in [0.15, 0.2) is 24.5 Å². The molecule has 5 nitrogen and oxygen atoms in total. The van der Waals surface area contributed by atoms with E-state index in [0.29, 0.717) is 37.8 Å². The van der Waals surface area contributed by atoms with Crippen molar-refractivity contribution in [3.8, 4) is 0 Å². The summed E-state index contributed by atoms with van der Waals surface area (Å²) < 4.78 is 0. The first kappa shape index (κ1) is 19.4. The molecule has 25 heavy (non-hydrogen) atoms. The molecule has 1 aliphatic rings. The van der Waals surface area contributed by atoms with Gasteiger partial charge in [-0.2, -0.15) is 0 Å². The molecule has 0 bridgehead atoms. The van der Waals surface area contributed by atoms with Gasteiger partial charge in [0.05, 0.1) is 12.0 Å². The number of nitrogens with zero attached hydrogens (tertiary/aromatic N) is 2. The highest BCUT2D eigenvalue weighted by Gasteiger charge is 2.40. The number of likely N-dealkylation sites (tertiary alicyclic amines) is 1. The SMILES string of the molecule is CC(C)CCNC(=O)C1CCC(=O)N(CC(C)C)C1c1cccnc1. The van der Waals surface area contributed by atoms with Gasteiger partial charge in [-0.05, 0) is 36.3 Å². The summed E-state index contributed by atoms with van der Waals surface area (Å²) in [4.78, 5) is 31.5. The number of hydrogen-bond acceptors (Lipinski definition) is 3. The number of nitrogens with one attached hydrogen (secondary N) is 1. The fourth-order valence-corrected chi connectivity index (χ4v) is 3.41. The smallest absolute Gasteiger partial charge is 0.225 e. The summed E-state index contributed by atoms with van der Waals surface area (Å²) in [6.07, 6.45) is 5.50. The van der Waals surface area contributed by atoms with Gasteiger partial charge in [0.15, 0.2) is 0 Å². The molecule has 2 atom stereocenters. The zero-order valence-corrected chi connectivity index (χ0v) is 15.9. The van der Waals surface area contributed by atoms with Gasteiger partial charge in [-0.25, -0.2) is 0 Å². The number of carbonyl (C=O) groups excluding carboxylic acids is 2. The van der Waals surface area contributed by atoms with E-state index in [1.54, 1.807) is 12.4 Å². The van der Waals surface area contributed by atoms with E-state index < -0.39 is 0 Å². The normalized spacial score (nSPS) is 21.0. The number of pyridine rings is 1. The molecule has 5 heteroatoms. The van der Waals surface area contributed by atoms with Crippen molar-refractivity contribution in [2.75, 3.05) is 13.1 Å². The van der Waals surface area contributed by atoms with Crippen molar-refractivity contribution in [3.05, 3.63) is 30.1 Å². The summed E-state index contributed by atoms with van der Waals surface area (Å²) in [6.45, 7) is 9.83. The Kier molecular flexibility index (Phi) is 6.97. The van der Waals surface area contributed by atoms with E-state index in [2.05, 4.69) is 38.0 Å². The van der Waals surface area contributed by atoms with E-state index in [0.717, 1.165) is 12.0 Å². The Bertz CT molecular complexity index is 572. The average Bonchev–Trinajstić information content (AvgIpc) is 2.56. The van der Waals surface area contributed by atoms with E-state index in [-0.39, 0.29) is 23.8 Å². The largest absolute Gasteiger partial charge is 0.356 e. The van der Waals surface area contributed by atoms with Crippen molar-refractivity contribution in [3.63, 3.8) is 0 Å². The van der Waals surface area contributed by atoms with Gasteiger partial charge in [-0.3, -0.25) is 14.6 Å². The highest BCUT2D eigenvalue weighted by atomic mass is 16.2. The van der Waals surface area contributed by atoms with Gasteiger partial charge in [0.25, 0.3) is 0 Å². The maximum atomic E-state index is 12.8. The van der Waals surface area contributed by atoms with Crippen molar-refractivity contribution < 1.29 is 9.59 Å². The van der Waals surface area contributed by atoms with Gasteiger partial charge >= 0.3 is 0 Å². The highest BCUT2D eigenvalue weighted by molar-refractivity contribution is 5.85. The molecule has 1 aromatic rings. The Morgan fingerprint density at radius 3 is 2.68 bits per heavy atom. The molecular formula is C20H31N3O2. The lowest BCUT2D eigenvalue weighted by atomic mass is 9.83. The Balaban J connectivity index is 2.23. The van der Waals surface area contributed by atoms with Crippen molar-refractivity contribution >= 4 is 11.8 Å². The summed E-state index contributed by atoms with van der Waals surface area (Å²) in [5.41, 5.74) is 0.945. The molecule has 2 amide bonds. The van der Waals surface area contributed by atoms with Gasteiger partial charge in [-0.15, -0.1) is 0 Å². The standard InChI is InChI=1S/C20H31N3O2/c1-14(2)9-11-22-20(25)17-7-8-18(24)23(13-15(3)4)19(17)16-6-5-10-21-12-16/h5-6,10,12,14-15,17,19H,7-9,11,13H2,1-4H3,(H,22,25). The van der Waals surface area contributed by atoms with Crippen LogP contribution in [0.2, 0.25) is 0 Å². The summed E-state index contributed by atoms with van der Waals surface area (Å²) in [6, 6.07) is 3.62. The molecular weight excluding hydrogens is 314 g/mol. The van der Waals surface area contributed by atoms with E-state index in [9.17, 15) is 9.59 Å². The fourth-order valence-electron chi connectivity index (χ4n) is 3.41. The lowest BCUT2D eigenvalue weighted by molar-refractivity contribution is -0.144. The van der Waals surface area contributed by atoms with Crippen LogP contribution in [-0.4, -0.2) is 34.8 Å². The highest BCUT2D eigenvalue weighted by Crippen LogP contribution is 2.37. The number of amides is 2. The number of aromatic nitrogens is 1. The summed E-state index contributed by atoms with van der Waals surface area (Å²) in [5.74, 6) is 0.878. The molecule has 1 fully saturated rings. The molecule has 1 N–H and O–H groups in total. The monoisotopic (exact) mass is 345 g/mol. The Hall–Kier alpha value is -1.91. The van der Waals surface area contributed by atoms with Crippen LogP contribution < -0.4 is 5.32 Å². The van der Waals surface area contributed by atoms with E-state index in [1.165, 1.54) is 0 Å². The van der Waals surface area contributed by atoms with Crippen LogP contribution in [0.25, 0.3) is 0 Å². The van der Waals surface area contributed by atoms with Crippen molar-refractivity contribution in [2.45, 2.75) is 53.0 Å². The number of rotatable bonds is 7. The Morgan fingerprint density at radius 1 is 1.32 bits per heavy atom. The second kappa shape index (κ2) is 8.97. The molecule has 138 valence electrons. The number of carbonyl (C=O) groups is 2. The Labute approximate surface area is 151 Å². The minimum atomic E-state index is -0.226. The lowest BCUT2D eigenvalue weighted by Crippen LogP contribution is -2.49. The van der Waals surface area contributed by atoms with Crippen LogP contribution in [0.3, 0.4) is 0 Å². The molecule has 1 aromatic heterocycles. The topological polar surface area (TPSA) is 62.3 Å². The third-order valence-electron chi connectivity index (χ3n) is 4.65. The zero-order chi connectivity index (χ0) is 18.4. The first-order chi connectivity index (χ1) is 11.9. The molecule has 1 aliphatic heterocycles. The van der Waals surface area contributed by atoms with Crippen LogP contribution in [0.1, 0.15) is 58.6 Å². The maximum Gasteiger partial charge on any atom is 0.225 e. The summed E-state index contributed by atoms with van der Waals surface area (Å²) in [7, 11) is 0. The Morgan fingerprint density at radius 2 is 2.08 bits per heavy atom.